The molecular weight excluding hydrogens is 618 g/mol. The van der Waals surface area contributed by atoms with Crippen molar-refractivity contribution in [1.82, 2.24) is 25.5 Å². The van der Waals surface area contributed by atoms with Crippen molar-refractivity contribution >= 4 is 17.9 Å². The Morgan fingerprint density at radius 3 is 1.98 bits per heavy atom. The number of amides is 3. The van der Waals surface area contributed by atoms with Crippen LogP contribution in [0.5, 0.6) is 5.75 Å². The summed E-state index contributed by atoms with van der Waals surface area (Å²) in [6.45, 7) is 0.878. The molecule has 0 fully saturated rings. The number of nitrogens with zero attached hydrogens (tertiary/aromatic N) is 2. The van der Waals surface area contributed by atoms with E-state index in [0.717, 1.165) is 22.3 Å². The van der Waals surface area contributed by atoms with Crippen molar-refractivity contribution in [3.63, 3.8) is 0 Å². The van der Waals surface area contributed by atoms with Crippen LogP contribution in [0.3, 0.4) is 0 Å². The van der Waals surface area contributed by atoms with E-state index in [-0.39, 0.29) is 25.4 Å². The zero-order valence-electron chi connectivity index (χ0n) is 27.5. The smallest absolute Gasteiger partial charge is 0.408 e. The summed E-state index contributed by atoms with van der Waals surface area (Å²) in [6.07, 6.45) is 3.36. The third-order valence-electron chi connectivity index (χ3n) is 8.06. The Kier molecular flexibility index (Phi) is 12.6. The van der Waals surface area contributed by atoms with Crippen LogP contribution in [0.25, 0.3) is 0 Å². The Labute approximate surface area is 286 Å². The van der Waals surface area contributed by atoms with Gasteiger partial charge in [-0.2, -0.15) is 0 Å². The van der Waals surface area contributed by atoms with Crippen LogP contribution in [-0.2, 0) is 46.8 Å². The number of aromatic amines is 1. The minimum Gasteiger partial charge on any atom is -0.489 e. The summed E-state index contributed by atoms with van der Waals surface area (Å²) >= 11 is 0. The SMILES string of the molecule is CN(C(=O)[C@H](Cc1cnc[nH]1)NC(=O)OCc1ccccc1)[C@@H](Cc1ccc(OCc2ccccc2)cc1)C(=O)NCCc1ccccc1. The summed E-state index contributed by atoms with van der Waals surface area (Å²) in [5.41, 5.74) is 4.45. The van der Waals surface area contributed by atoms with Gasteiger partial charge in [0.15, 0.2) is 0 Å². The lowest BCUT2D eigenvalue weighted by Gasteiger charge is -2.31. The number of alkyl carbamates (subject to hydrolysis) is 1. The Bertz CT molecular complexity index is 1730. The van der Waals surface area contributed by atoms with E-state index in [9.17, 15) is 14.4 Å². The molecule has 5 rings (SSSR count). The summed E-state index contributed by atoms with van der Waals surface area (Å²) < 4.78 is 11.4. The van der Waals surface area contributed by atoms with E-state index < -0.39 is 24.1 Å². The average molecular weight is 660 g/mol. The molecule has 49 heavy (non-hydrogen) atoms. The number of hydrogen-bond acceptors (Lipinski definition) is 6. The van der Waals surface area contributed by atoms with Crippen molar-refractivity contribution in [3.8, 4) is 5.75 Å². The summed E-state index contributed by atoms with van der Waals surface area (Å²) in [7, 11) is 1.58. The van der Waals surface area contributed by atoms with Gasteiger partial charge in [-0.15, -0.1) is 0 Å². The van der Waals surface area contributed by atoms with Crippen molar-refractivity contribution in [2.75, 3.05) is 13.6 Å². The molecule has 1 heterocycles. The van der Waals surface area contributed by atoms with Crippen molar-refractivity contribution in [2.24, 2.45) is 0 Å². The van der Waals surface area contributed by atoms with E-state index >= 15 is 0 Å². The molecular formula is C39H41N5O5. The van der Waals surface area contributed by atoms with Crippen molar-refractivity contribution in [2.45, 2.75) is 44.6 Å². The number of hydrogen-bond donors (Lipinski definition) is 3. The predicted molar refractivity (Wildman–Crippen MR) is 186 cm³/mol. The van der Waals surface area contributed by atoms with Gasteiger partial charge < -0.3 is 30.0 Å². The molecule has 10 nitrogen and oxygen atoms in total. The summed E-state index contributed by atoms with van der Waals surface area (Å²) in [6, 6.07) is 34.6. The highest BCUT2D eigenvalue weighted by atomic mass is 16.5. The molecule has 0 bridgehead atoms. The summed E-state index contributed by atoms with van der Waals surface area (Å²) in [4.78, 5) is 49.2. The van der Waals surface area contributed by atoms with Crippen LogP contribution in [0.2, 0.25) is 0 Å². The Balaban J connectivity index is 1.29. The van der Waals surface area contributed by atoms with Crippen LogP contribution in [0.1, 0.15) is 27.9 Å². The van der Waals surface area contributed by atoms with Crippen LogP contribution >= 0.6 is 0 Å². The van der Waals surface area contributed by atoms with Gasteiger partial charge in [-0.05, 0) is 40.8 Å². The molecule has 0 aliphatic heterocycles. The fourth-order valence-electron chi connectivity index (χ4n) is 5.31. The third kappa shape index (κ3) is 10.8. The number of rotatable bonds is 16. The van der Waals surface area contributed by atoms with E-state index in [0.29, 0.717) is 31.0 Å². The molecule has 0 spiro atoms. The third-order valence-corrected chi connectivity index (χ3v) is 8.06. The minimum atomic E-state index is -1.03. The number of H-pyrrole nitrogens is 1. The molecule has 5 aromatic rings. The molecule has 252 valence electrons. The molecule has 0 aliphatic carbocycles. The number of likely N-dealkylation sites (N-methyl/N-ethyl adjacent to an activating group) is 1. The maximum Gasteiger partial charge on any atom is 0.408 e. The molecule has 2 atom stereocenters. The number of imidazole rings is 1. The second-order valence-corrected chi connectivity index (χ2v) is 11.7. The number of nitrogens with one attached hydrogen (secondary N) is 3. The van der Waals surface area contributed by atoms with Crippen LogP contribution < -0.4 is 15.4 Å². The van der Waals surface area contributed by atoms with Gasteiger partial charge in [0.2, 0.25) is 11.8 Å². The van der Waals surface area contributed by atoms with Gasteiger partial charge in [-0.25, -0.2) is 9.78 Å². The lowest BCUT2D eigenvalue weighted by Crippen LogP contribution is -2.56. The Morgan fingerprint density at radius 1 is 0.755 bits per heavy atom. The molecule has 0 aliphatic rings. The summed E-state index contributed by atoms with van der Waals surface area (Å²) in [5.74, 6) is -0.0563. The van der Waals surface area contributed by atoms with Crippen LogP contribution in [0.4, 0.5) is 4.79 Å². The molecule has 10 heteroatoms. The van der Waals surface area contributed by atoms with Gasteiger partial charge in [0.05, 0.1) is 6.33 Å². The van der Waals surface area contributed by atoms with Gasteiger partial charge in [-0.3, -0.25) is 9.59 Å². The highest BCUT2D eigenvalue weighted by Gasteiger charge is 2.33. The summed E-state index contributed by atoms with van der Waals surface area (Å²) in [5, 5.41) is 5.73. The zero-order chi connectivity index (χ0) is 34.3. The zero-order valence-corrected chi connectivity index (χ0v) is 27.5. The first-order valence-corrected chi connectivity index (χ1v) is 16.2. The normalized spacial score (nSPS) is 11.9. The number of carbonyl (C=O) groups is 3. The predicted octanol–water partition coefficient (Wildman–Crippen LogP) is 5.25. The number of ether oxygens (including phenoxy) is 2. The quantitative estimate of drug-likeness (QED) is 0.133. The second-order valence-electron chi connectivity index (χ2n) is 11.7. The standard InChI is InChI=1S/C39H41N5O5/c1-44(38(46)35(24-33-25-40-28-42-33)43-39(47)49-27-32-15-9-4-10-16-32)36(37(45)41-22-21-29-11-5-2-6-12-29)23-30-17-19-34(20-18-30)48-26-31-13-7-3-8-14-31/h2-20,25,28,35-36H,21-24,26-27H2,1H3,(H,40,42)(H,41,45)(H,43,47)/t35-,36-/m0/s1. The molecule has 0 saturated carbocycles. The molecule has 0 saturated heterocycles. The van der Waals surface area contributed by atoms with E-state index in [4.69, 9.17) is 9.47 Å². The van der Waals surface area contributed by atoms with Crippen molar-refractivity contribution in [3.05, 3.63) is 156 Å². The van der Waals surface area contributed by atoms with E-state index in [1.165, 1.54) is 11.2 Å². The topological polar surface area (TPSA) is 126 Å². The van der Waals surface area contributed by atoms with E-state index in [2.05, 4.69) is 20.6 Å². The van der Waals surface area contributed by atoms with Gasteiger partial charge in [0.25, 0.3) is 0 Å². The van der Waals surface area contributed by atoms with Gasteiger partial charge >= 0.3 is 6.09 Å². The Hall–Kier alpha value is -5.90. The number of aromatic nitrogens is 2. The van der Waals surface area contributed by atoms with Gasteiger partial charge in [0, 0.05) is 38.3 Å². The molecule has 0 radical (unpaired) electrons. The van der Waals surface area contributed by atoms with Gasteiger partial charge in [-0.1, -0.05) is 103 Å². The average Bonchev–Trinajstić information content (AvgIpc) is 3.66. The maximum absolute atomic E-state index is 14.1. The van der Waals surface area contributed by atoms with Gasteiger partial charge in [0.1, 0.15) is 31.0 Å². The molecule has 4 aromatic carbocycles. The molecule has 3 N–H and O–H groups in total. The first-order valence-electron chi connectivity index (χ1n) is 16.2. The molecule has 3 amide bonds. The highest BCUT2D eigenvalue weighted by Crippen LogP contribution is 2.18. The number of benzene rings is 4. The van der Waals surface area contributed by atoms with Crippen LogP contribution in [0.15, 0.2) is 128 Å². The number of carbonyl (C=O) groups excluding carboxylic acids is 3. The first-order chi connectivity index (χ1) is 23.9. The Morgan fingerprint density at radius 2 is 1.37 bits per heavy atom. The van der Waals surface area contributed by atoms with Crippen LogP contribution in [-0.4, -0.2) is 58.5 Å². The fourth-order valence-corrected chi connectivity index (χ4v) is 5.31. The monoisotopic (exact) mass is 659 g/mol. The largest absolute Gasteiger partial charge is 0.489 e. The maximum atomic E-state index is 14.1. The molecule has 1 aromatic heterocycles. The van der Waals surface area contributed by atoms with E-state index in [1.54, 1.807) is 13.2 Å². The lowest BCUT2D eigenvalue weighted by molar-refractivity contribution is -0.140. The van der Waals surface area contributed by atoms with Crippen molar-refractivity contribution in [1.29, 1.82) is 0 Å². The van der Waals surface area contributed by atoms with Crippen LogP contribution in [0, 0.1) is 0 Å². The highest BCUT2D eigenvalue weighted by molar-refractivity contribution is 5.91. The lowest BCUT2D eigenvalue weighted by atomic mass is 10.0. The minimum absolute atomic E-state index is 0.0466. The first kappa shape index (κ1) is 34.4. The second kappa shape index (κ2) is 17.9. The van der Waals surface area contributed by atoms with E-state index in [1.807, 2.05) is 115 Å². The fraction of sp³-hybridized carbons (Fsp3) is 0.231. The van der Waals surface area contributed by atoms with Crippen molar-refractivity contribution < 1.29 is 23.9 Å². The molecule has 0 unspecified atom stereocenters.